The molecule has 1 aromatic carbocycles. The Balaban J connectivity index is 2.01. The van der Waals surface area contributed by atoms with Crippen molar-refractivity contribution >= 4 is 11.0 Å². The molecule has 0 radical (unpaired) electrons. The van der Waals surface area contributed by atoms with E-state index < -0.39 is 0 Å². The number of nitrogens with one attached hydrogen (secondary N) is 1. The van der Waals surface area contributed by atoms with E-state index in [0.717, 1.165) is 24.3 Å². The van der Waals surface area contributed by atoms with Gasteiger partial charge in [0.1, 0.15) is 11.3 Å². The number of furan rings is 1. The summed E-state index contributed by atoms with van der Waals surface area (Å²) in [4.78, 5) is 0. The van der Waals surface area contributed by atoms with E-state index in [0.29, 0.717) is 6.04 Å². The third kappa shape index (κ3) is 2.37. The van der Waals surface area contributed by atoms with Gasteiger partial charge in [-0.1, -0.05) is 6.92 Å². The second-order valence-electron chi connectivity index (χ2n) is 6.09. The van der Waals surface area contributed by atoms with E-state index in [2.05, 4.69) is 38.2 Å². The first-order chi connectivity index (χ1) is 9.70. The van der Waals surface area contributed by atoms with Gasteiger partial charge in [0.2, 0.25) is 0 Å². The highest BCUT2D eigenvalue weighted by Gasteiger charge is 2.19. The molecule has 20 heavy (non-hydrogen) atoms. The van der Waals surface area contributed by atoms with Gasteiger partial charge in [0.05, 0.1) is 6.04 Å². The van der Waals surface area contributed by atoms with E-state index in [-0.39, 0.29) is 0 Å². The molecule has 1 unspecified atom stereocenters. The quantitative estimate of drug-likeness (QED) is 0.873. The van der Waals surface area contributed by atoms with Gasteiger partial charge in [-0.05, 0) is 81.3 Å². The molecule has 2 nitrogen and oxygen atoms in total. The SMILES string of the molecule is CCCNC(C)c1oc2cc3c(cc2c1C)CCCC3. The van der Waals surface area contributed by atoms with Crippen LogP contribution in [0.2, 0.25) is 0 Å². The van der Waals surface area contributed by atoms with Gasteiger partial charge in [-0.2, -0.15) is 0 Å². The third-order valence-corrected chi connectivity index (χ3v) is 4.53. The van der Waals surface area contributed by atoms with Crippen molar-refractivity contribution in [1.82, 2.24) is 5.32 Å². The van der Waals surface area contributed by atoms with Gasteiger partial charge in [-0.15, -0.1) is 0 Å². The van der Waals surface area contributed by atoms with E-state index in [1.165, 1.54) is 47.8 Å². The number of rotatable bonds is 4. The lowest BCUT2D eigenvalue weighted by molar-refractivity contribution is 0.448. The Labute approximate surface area is 121 Å². The zero-order valence-electron chi connectivity index (χ0n) is 12.9. The summed E-state index contributed by atoms with van der Waals surface area (Å²) in [5.74, 6) is 1.11. The first-order valence-corrected chi connectivity index (χ1v) is 7.99. The smallest absolute Gasteiger partial charge is 0.134 e. The Morgan fingerprint density at radius 3 is 2.60 bits per heavy atom. The summed E-state index contributed by atoms with van der Waals surface area (Å²) in [6.07, 6.45) is 6.24. The van der Waals surface area contributed by atoms with Crippen LogP contribution in [-0.4, -0.2) is 6.54 Å². The molecule has 108 valence electrons. The van der Waals surface area contributed by atoms with Crippen molar-refractivity contribution in [2.24, 2.45) is 0 Å². The van der Waals surface area contributed by atoms with E-state index in [1.807, 2.05) is 0 Å². The highest BCUT2D eigenvalue weighted by atomic mass is 16.3. The second kappa shape index (κ2) is 5.61. The predicted octanol–water partition coefficient (Wildman–Crippen LogP) is 4.68. The van der Waals surface area contributed by atoms with Gasteiger partial charge in [-0.25, -0.2) is 0 Å². The van der Waals surface area contributed by atoms with Crippen LogP contribution in [-0.2, 0) is 12.8 Å². The Bertz CT molecular complexity index is 611. The van der Waals surface area contributed by atoms with Crippen LogP contribution in [0.4, 0.5) is 0 Å². The van der Waals surface area contributed by atoms with Gasteiger partial charge in [0.15, 0.2) is 0 Å². The molecule has 0 bridgehead atoms. The van der Waals surface area contributed by atoms with Crippen LogP contribution in [0.15, 0.2) is 16.5 Å². The molecule has 1 aromatic heterocycles. The standard InChI is InChI=1S/C18H25NO/c1-4-9-19-13(3)18-12(2)16-10-14-7-5-6-8-15(14)11-17(16)20-18/h10-11,13,19H,4-9H2,1-3H3. The van der Waals surface area contributed by atoms with Crippen LogP contribution >= 0.6 is 0 Å². The van der Waals surface area contributed by atoms with E-state index in [4.69, 9.17) is 4.42 Å². The fraction of sp³-hybridized carbons (Fsp3) is 0.556. The lowest BCUT2D eigenvalue weighted by Crippen LogP contribution is -2.19. The highest BCUT2D eigenvalue weighted by Crippen LogP contribution is 2.33. The maximum atomic E-state index is 6.16. The second-order valence-corrected chi connectivity index (χ2v) is 6.09. The molecule has 0 spiro atoms. The van der Waals surface area contributed by atoms with Crippen LogP contribution in [0, 0.1) is 6.92 Å². The van der Waals surface area contributed by atoms with Crippen molar-refractivity contribution < 1.29 is 4.42 Å². The summed E-state index contributed by atoms with van der Waals surface area (Å²) >= 11 is 0. The monoisotopic (exact) mass is 271 g/mol. The summed E-state index contributed by atoms with van der Waals surface area (Å²) in [6.45, 7) is 7.62. The number of benzene rings is 1. The largest absolute Gasteiger partial charge is 0.459 e. The fourth-order valence-electron chi connectivity index (χ4n) is 3.34. The number of hydrogen-bond donors (Lipinski definition) is 1. The van der Waals surface area contributed by atoms with Crippen LogP contribution in [0.25, 0.3) is 11.0 Å². The molecule has 1 atom stereocenters. The fourth-order valence-corrected chi connectivity index (χ4v) is 3.34. The minimum atomic E-state index is 0.291. The Morgan fingerprint density at radius 2 is 1.90 bits per heavy atom. The molecule has 1 aliphatic carbocycles. The summed E-state index contributed by atoms with van der Waals surface area (Å²) in [7, 11) is 0. The van der Waals surface area contributed by atoms with Crippen LogP contribution in [0.5, 0.6) is 0 Å². The van der Waals surface area contributed by atoms with Gasteiger partial charge < -0.3 is 9.73 Å². The number of fused-ring (bicyclic) bond motifs is 2. The van der Waals surface area contributed by atoms with Gasteiger partial charge in [-0.3, -0.25) is 0 Å². The molecule has 1 aliphatic rings. The molecule has 2 aromatic rings. The molecule has 0 aliphatic heterocycles. The summed E-state index contributed by atoms with van der Waals surface area (Å²) < 4.78 is 6.16. The predicted molar refractivity (Wildman–Crippen MR) is 84.3 cm³/mol. The highest BCUT2D eigenvalue weighted by molar-refractivity contribution is 5.84. The normalized spacial score (nSPS) is 16.4. The lowest BCUT2D eigenvalue weighted by Gasteiger charge is -2.14. The number of hydrogen-bond acceptors (Lipinski definition) is 2. The van der Waals surface area contributed by atoms with E-state index in [9.17, 15) is 0 Å². The van der Waals surface area contributed by atoms with Crippen molar-refractivity contribution in [2.45, 2.75) is 58.9 Å². The van der Waals surface area contributed by atoms with Crippen molar-refractivity contribution in [2.75, 3.05) is 6.54 Å². The first kappa shape index (κ1) is 13.7. The average molecular weight is 271 g/mol. The molecule has 0 amide bonds. The topological polar surface area (TPSA) is 25.2 Å². The Morgan fingerprint density at radius 1 is 1.20 bits per heavy atom. The van der Waals surface area contributed by atoms with E-state index in [1.54, 1.807) is 0 Å². The molecule has 3 rings (SSSR count). The number of aryl methyl sites for hydroxylation is 3. The zero-order chi connectivity index (χ0) is 14.1. The van der Waals surface area contributed by atoms with Crippen LogP contribution in [0.3, 0.4) is 0 Å². The lowest BCUT2D eigenvalue weighted by atomic mass is 9.90. The zero-order valence-corrected chi connectivity index (χ0v) is 12.9. The summed E-state index contributed by atoms with van der Waals surface area (Å²) in [5, 5.41) is 4.84. The molecule has 1 N–H and O–H groups in total. The summed E-state index contributed by atoms with van der Waals surface area (Å²) in [5.41, 5.74) is 5.42. The average Bonchev–Trinajstić information content (AvgIpc) is 2.79. The molecular formula is C18H25NO. The van der Waals surface area contributed by atoms with Crippen molar-refractivity contribution in [1.29, 1.82) is 0 Å². The van der Waals surface area contributed by atoms with Crippen molar-refractivity contribution in [3.63, 3.8) is 0 Å². The molecule has 1 heterocycles. The van der Waals surface area contributed by atoms with Gasteiger partial charge in [0.25, 0.3) is 0 Å². The van der Waals surface area contributed by atoms with Gasteiger partial charge >= 0.3 is 0 Å². The Hall–Kier alpha value is -1.28. The molecule has 0 saturated carbocycles. The van der Waals surface area contributed by atoms with Crippen LogP contribution in [0.1, 0.15) is 61.6 Å². The van der Waals surface area contributed by atoms with E-state index >= 15 is 0 Å². The maximum absolute atomic E-state index is 6.16. The van der Waals surface area contributed by atoms with Crippen molar-refractivity contribution in [3.05, 3.63) is 34.6 Å². The minimum Gasteiger partial charge on any atom is -0.459 e. The molecular weight excluding hydrogens is 246 g/mol. The first-order valence-electron chi connectivity index (χ1n) is 7.99. The van der Waals surface area contributed by atoms with Gasteiger partial charge in [0, 0.05) is 5.39 Å². The van der Waals surface area contributed by atoms with Crippen LogP contribution < -0.4 is 5.32 Å². The third-order valence-electron chi connectivity index (χ3n) is 4.53. The maximum Gasteiger partial charge on any atom is 0.134 e. The molecule has 0 saturated heterocycles. The Kier molecular flexibility index (Phi) is 3.84. The molecule has 2 heteroatoms. The molecule has 0 fully saturated rings. The summed E-state index contributed by atoms with van der Waals surface area (Å²) in [6, 6.07) is 4.95. The van der Waals surface area contributed by atoms with Crippen molar-refractivity contribution in [3.8, 4) is 0 Å². The minimum absolute atomic E-state index is 0.291.